The summed E-state index contributed by atoms with van der Waals surface area (Å²) < 4.78 is 10.7. The highest BCUT2D eigenvalue weighted by Crippen LogP contribution is 2.32. The highest BCUT2D eigenvalue weighted by atomic mass is 16.7. The lowest BCUT2D eigenvalue weighted by atomic mass is 10.1. The maximum atomic E-state index is 11.5. The zero-order chi connectivity index (χ0) is 17.6. The number of guanidine groups is 1. The SMILES string of the molecule is CN=C(NCCc1ccc2c(c1)OCO2)NCCN1C(=O)CNC1=O. The van der Waals surface area contributed by atoms with Gasteiger partial charge in [0.25, 0.3) is 0 Å². The first-order valence-electron chi connectivity index (χ1n) is 8.08. The van der Waals surface area contributed by atoms with Gasteiger partial charge in [-0.3, -0.25) is 14.7 Å². The second-order valence-electron chi connectivity index (χ2n) is 5.57. The van der Waals surface area contributed by atoms with Gasteiger partial charge in [0.1, 0.15) is 0 Å². The molecule has 3 N–H and O–H groups in total. The summed E-state index contributed by atoms with van der Waals surface area (Å²) in [6.45, 7) is 1.76. The molecule has 0 unspecified atom stereocenters. The topological polar surface area (TPSA) is 104 Å². The third-order valence-electron chi connectivity index (χ3n) is 3.93. The first-order valence-corrected chi connectivity index (χ1v) is 8.08. The molecule has 0 atom stereocenters. The first-order chi connectivity index (χ1) is 12.2. The van der Waals surface area contributed by atoms with Crippen molar-refractivity contribution >= 4 is 17.9 Å². The van der Waals surface area contributed by atoms with Crippen LogP contribution in [0.25, 0.3) is 0 Å². The number of ether oxygens (including phenoxy) is 2. The van der Waals surface area contributed by atoms with Crippen molar-refractivity contribution in [2.24, 2.45) is 4.99 Å². The Labute approximate surface area is 145 Å². The zero-order valence-corrected chi connectivity index (χ0v) is 14.0. The van der Waals surface area contributed by atoms with Gasteiger partial charge in [0.2, 0.25) is 12.7 Å². The molecule has 0 spiro atoms. The number of hydrogen-bond donors (Lipinski definition) is 3. The van der Waals surface area contributed by atoms with Crippen molar-refractivity contribution < 1.29 is 19.1 Å². The average molecular weight is 347 g/mol. The fourth-order valence-corrected chi connectivity index (χ4v) is 2.61. The summed E-state index contributed by atoms with van der Waals surface area (Å²) in [5, 5.41) is 8.77. The lowest BCUT2D eigenvalue weighted by Gasteiger charge is -2.15. The Kier molecular flexibility index (Phi) is 5.22. The van der Waals surface area contributed by atoms with Crippen molar-refractivity contribution in [2.45, 2.75) is 6.42 Å². The van der Waals surface area contributed by atoms with E-state index in [1.165, 1.54) is 4.90 Å². The van der Waals surface area contributed by atoms with Gasteiger partial charge in [-0.2, -0.15) is 0 Å². The van der Waals surface area contributed by atoms with Crippen LogP contribution in [-0.2, 0) is 11.2 Å². The van der Waals surface area contributed by atoms with Crippen LogP contribution in [0, 0.1) is 0 Å². The van der Waals surface area contributed by atoms with Crippen molar-refractivity contribution in [1.82, 2.24) is 20.9 Å². The van der Waals surface area contributed by atoms with Gasteiger partial charge >= 0.3 is 6.03 Å². The Morgan fingerprint density at radius 1 is 1.24 bits per heavy atom. The Hall–Kier alpha value is -2.97. The lowest BCUT2D eigenvalue weighted by molar-refractivity contribution is -0.124. The van der Waals surface area contributed by atoms with Gasteiger partial charge in [-0.1, -0.05) is 6.07 Å². The fraction of sp³-hybridized carbons (Fsp3) is 0.438. The number of benzene rings is 1. The quantitative estimate of drug-likeness (QED) is 0.370. The Morgan fingerprint density at radius 2 is 2.04 bits per heavy atom. The van der Waals surface area contributed by atoms with Crippen LogP contribution in [0.2, 0.25) is 0 Å². The molecule has 2 heterocycles. The van der Waals surface area contributed by atoms with E-state index in [0.717, 1.165) is 23.5 Å². The number of hydrogen-bond acceptors (Lipinski definition) is 5. The monoisotopic (exact) mass is 347 g/mol. The molecular formula is C16H21N5O4. The minimum absolute atomic E-state index is 0.0708. The maximum absolute atomic E-state index is 11.5. The third kappa shape index (κ3) is 4.11. The summed E-state index contributed by atoms with van der Waals surface area (Å²) in [6, 6.07) is 5.53. The first kappa shape index (κ1) is 16.9. The van der Waals surface area contributed by atoms with Gasteiger partial charge < -0.3 is 25.4 Å². The molecular weight excluding hydrogens is 326 g/mol. The van der Waals surface area contributed by atoms with Crippen LogP contribution in [-0.4, -0.2) is 62.8 Å². The number of nitrogens with one attached hydrogen (secondary N) is 3. The van der Waals surface area contributed by atoms with Crippen LogP contribution in [0.5, 0.6) is 11.5 Å². The Balaban J connectivity index is 1.39. The van der Waals surface area contributed by atoms with Crippen molar-refractivity contribution in [3.8, 4) is 11.5 Å². The molecule has 2 aliphatic rings. The smallest absolute Gasteiger partial charge is 0.324 e. The fourth-order valence-electron chi connectivity index (χ4n) is 2.61. The number of rotatable bonds is 6. The van der Waals surface area contributed by atoms with Gasteiger partial charge in [0, 0.05) is 26.7 Å². The van der Waals surface area contributed by atoms with Crippen LogP contribution in [0.15, 0.2) is 23.2 Å². The molecule has 9 nitrogen and oxygen atoms in total. The summed E-state index contributed by atoms with van der Waals surface area (Å²) in [5.74, 6) is 1.95. The molecule has 9 heteroatoms. The molecule has 0 radical (unpaired) electrons. The van der Waals surface area contributed by atoms with Gasteiger partial charge in [-0.15, -0.1) is 0 Å². The van der Waals surface area contributed by atoms with Crippen LogP contribution in [0.1, 0.15) is 5.56 Å². The molecule has 1 fully saturated rings. The van der Waals surface area contributed by atoms with E-state index in [4.69, 9.17) is 9.47 Å². The molecule has 1 saturated heterocycles. The predicted molar refractivity (Wildman–Crippen MR) is 90.7 cm³/mol. The predicted octanol–water partition coefficient (Wildman–Crippen LogP) is -0.325. The molecule has 0 aromatic heterocycles. The van der Waals surface area contributed by atoms with Gasteiger partial charge in [-0.25, -0.2) is 4.79 Å². The number of amides is 3. The highest BCUT2D eigenvalue weighted by molar-refractivity contribution is 6.01. The molecule has 25 heavy (non-hydrogen) atoms. The molecule has 0 bridgehead atoms. The van der Waals surface area contributed by atoms with Crippen LogP contribution >= 0.6 is 0 Å². The minimum Gasteiger partial charge on any atom is -0.454 e. The molecule has 1 aromatic rings. The standard InChI is InChI=1S/C16H21N5O4/c1-17-15(19-6-7-21-14(22)9-20-16(21)23)18-5-4-11-2-3-12-13(8-11)25-10-24-12/h2-3,8H,4-7,9-10H2,1H3,(H,20,23)(H2,17,18,19). The summed E-state index contributed by atoms with van der Waals surface area (Å²) in [5.41, 5.74) is 1.13. The van der Waals surface area contributed by atoms with E-state index in [-0.39, 0.29) is 25.3 Å². The van der Waals surface area contributed by atoms with E-state index in [9.17, 15) is 9.59 Å². The number of aliphatic imine (C=N–C) groups is 1. The van der Waals surface area contributed by atoms with Gasteiger partial charge in [-0.05, 0) is 24.1 Å². The molecule has 0 saturated carbocycles. The normalized spacial score (nSPS) is 16.2. The van der Waals surface area contributed by atoms with E-state index >= 15 is 0 Å². The van der Waals surface area contributed by atoms with E-state index in [2.05, 4.69) is 20.9 Å². The molecule has 3 rings (SSSR count). The number of nitrogens with zero attached hydrogens (tertiary/aromatic N) is 2. The third-order valence-corrected chi connectivity index (χ3v) is 3.93. The summed E-state index contributed by atoms with van der Waals surface area (Å²) >= 11 is 0. The molecule has 2 aliphatic heterocycles. The van der Waals surface area contributed by atoms with Crippen molar-refractivity contribution in [3.05, 3.63) is 23.8 Å². The molecule has 3 amide bonds. The average Bonchev–Trinajstić information content (AvgIpc) is 3.20. The number of imide groups is 1. The van der Waals surface area contributed by atoms with Crippen molar-refractivity contribution in [2.75, 3.05) is 40.0 Å². The van der Waals surface area contributed by atoms with E-state index in [0.29, 0.717) is 25.6 Å². The zero-order valence-electron chi connectivity index (χ0n) is 14.0. The Morgan fingerprint density at radius 3 is 2.80 bits per heavy atom. The molecule has 0 aliphatic carbocycles. The Bertz CT molecular complexity index is 675. The summed E-state index contributed by atoms with van der Waals surface area (Å²) in [7, 11) is 1.67. The minimum atomic E-state index is -0.349. The maximum Gasteiger partial charge on any atom is 0.324 e. The van der Waals surface area contributed by atoms with Gasteiger partial charge in [0.05, 0.1) is 6.54 Å². The van der Waals surface area contributed by atoms with Gasteiger partial charge in [0.15, 0.2) is 17.5 Å². The van der Waals surface area contributed by atoms with Crippen molar-refractivity contribution in [1.29, 1.82) is 0 Å². The lowest BCUT2D eigenvalue weighted by Crippen LogP contribution is -2.43. The molecule has 1 aromatic carbocycles. The number of fused-ring (bicyclic) bond motifs is 1. The summed E-state index contributed by atoms with van der Waals surface area (Å²) in [6.07, 6.45) is 0.796. The second-order valence-corrected chi connectivity index (χ2v) is 5.57. The summed E-state index contributed by atoms with van der Waals surface area (Å²) in [4.78, 5) is 28.2. The van der Waals surface area contributed by atoms with Crippen molar-refractivity contribution in [3.63, 3.8) is 0 Å². The van der Waals surface area contributed by atoms with E-state index < -0.39 is 0 Å². The van der Waals surface area contributed by atoms with E-state index in [1.807, 2.05) is 18.2 Å². The number of urea groups is 1. The largest absolute Gasteiger partial charge is 0.454 e. The van der Waals surface area contributed by atoms with Crippen LogP contribution < -0.4 is 25.4 Å². The number of carbonyl (C=O) groups excluding carboxylic acids is 2. The highest BCUT2D eigenvalue weighted by Gasteiger charge is 2.27. The number of carbonyl (C=O) groups is 2. The van der Waals surface area contributed by atoms with Crippen LogP contribution in [0.3, 0.4) is 0 Å². The van der Waals surface area contributed by atoms with Crippen LogP contribution in [0.4, 0.5) is 4.79 Å². The second kappa shape index (κ2) is 7.73. The molecule has 134 valence electrons. The van der Waals surface area contributed by atoms with E-state index in [1.54, 1.807) is 7.05 Å².